The fraction of sp³-hybridized carbons (Fsp3) is 0.316. The second-order valence-electron chi connectivity index (χ2n) is 6.10. The molecule has 0 N–H and O–H groups in total. The van der Waals surface area contributed by atoms with Crippen molar-refractivity contribution in [2.45, 2.75) is 12.8 Å². The van der Waals surface area contributed by atoms with Gasteiger partial charge in [-0.05, 0) is 43.2 Å². The van der Waals surface area contributed by atoms with Crippen molar-refractivity contribution in [2.75, 3.05) is 25.1 Å². The molecule has 1 fully saturated rings. The van der Waals surface area contributed by atoms with Crippen molar-refractivity contribution in [1.29, 1.82) is 0 Å². The van der Waals surface area contributed by atoms with Crippen molar-refractivity contribution >= 4 is 17.3 Å². The molecule has 1 heterocycles. The second kappa shape index (κ2) is 7.86. The Bertz CT molecular complexity index is 783. The molecular weight excluding hydrogens is 336 g/mol. The van der Waals surface area contributed by atoms with Crippen molar-refractivity contribution < 1.29 is 19.2 Å². The van der Waals surface area contributed by atoms with Crippen LogP contribution in [-0.4, -0.2) is 31.1 Å². The first-order chi connectivity index (χ1) is 12.6. The van der Waals surface area contributed by atoms with Gasteiger partial charge in [0.2, 0.25) is 0 Å². The van der Waals surface area contributed by atoms with E-state index in [1.807, 2.05) is 4.90 Å². The molecule has 1 aliphatic heterocycles. The third-order valence-corrected chi connectivity index (χ3v) is 4.53. The van der Waals surface area contributed by atoms with Crippen molar-refractivity contribution in [3.05, 3.63) is 58.6 Å². The molecule has 2 aromatic carbocycles. The molecule has 0 aliphatic carbocycles. The lowest BCUT2D eigenvalue weighted by atomic mass is 9.96. The molecule has 2 aromatic rings. The third-order valence-electron chi connectivity index (χ3n) is 4.53. The molecule has 0 amide bonds. The summed E-state index contributed by atoms with van der Waals surface area (Å²) in [6.07, 6.45) is 1.20. The van der Waals surface area contributed by atoms with Crippen LogP contribution in [0.1, 0.15) is 12.8 Å². The molecule has 0 saturated carbocycles. The lowest BCUT2D eigenvalue weighted by Gasteiger charge is -2.32. The molecule has 0 unspecified atom stereocenters. The normalized spacial score (nSPS) is 14.7. The number of carbonyl (C=O) groups is 1. The number of benzene rings is 2. The van der Waals surface area contributed by atoms with Gasteiger partial charge in [-0.1, -0.05) is 12.1 Å². The number of nitrogens with zero attached hydrogens (tertiary/aromatic N) is 2. The van der Waals surface area contributed by atoms with E-state index in [2.05, 4.69) is 0 Å². The second-order valence-corrected chi connectivity index (χ2v) is 6.10. The van der Waals surface area contributed by atoms with E-state index in [-0.39, 0.29) is 22.5 Å². The van der Waals surface area contributed by atoms with Gasteiger partial charge in [0.25, 0.3) is 5.69 Å². The minimum absolute atomic E-state index is 0.0896. The molecule has 3 rings (SSSR count). The quantitative estimate of drug-likeness (QED) is 0.353. The molecular formula is C19H20N2O5. The Hall–Kier alpha value is -3.09. The van der Waals surface area contributed by atoms with Crippen molar-refractivity contribution in [3.63, 3.8) is 0 Å². The highest BCUT2D eigenvalue weighted by Crippen LogP contribution is 2.31. The van der Waals surface area contributed by atoms with Crippen LogP contribution in [0.15, 0.2) is 48.5 Å². The van der Waals surface area contributed by atoms with E-state index in [1.165, 1.54) is 6.07 Å². The van der Waals surface area contributed by atoms with Crippen molar-refractivity contribution in [1.82, 2.24) is 0 Å². The minimum Gasteiger partial charge on any atom is -0.497 e. The Kier molecular flexibility index (Phi) is 5.36. The van der Waals surface area contributed by atoms with Gasteiger partial charge in [-0.3, -0.25) is 14.9 Å². The van der Waals surface area contributed by atoms with Crippen LogP contribution in [0.5, 0.6) is 11.5 Å². The number of hydrogen-bond acceptors (Lipinski definition) is 6. The molecule has 0 spiro atoms. The van der Waals surface area contributed by atoms with E-state index in [4.69, 9.17) is 9.47 Å². The van der Waals surface area contributed by atoms with E-state index < -0.39 is 0 Å². The highest BCUT2D eigenvalue weighted by atomic mass is 16.6. The predicted molar refractivity (Wildman–Crippen MR) is 96.7 cm³/mol. The summed E-state index contributed by atoms with van der Waals surface area (Å²) in [5.41, 5.74) is 0.686. The van der Waals surface area contributed by atoms with Gasteiger partial charge < -0.3 is 14.4 Å². The lowest BCUT2D eigenvalue weighted by Crippen LogP contribution is -2.37. The van der Waals surface area contributed by atoms with Gasteiger partial charge in [-0.15, -0.1) is 0 Å². The third kappa shape index (κ3) is 3.93. The summed E-state index contributed by atoms with van der Waals surface area (Å²) in [6.45, 7) is 1.15. The van der Waals surface area contributed by atoms with Crippen LogP contribution in [0.25, 0.3) is 0 Å². The zero-order valence-corrected chi connectivity index (χ0v) is 14.5. The van der Waals surface area contributed by atoms with Crippen molar-refractivity contribution in [2.24, 2.45) is 5.92 Å². The van der Waals surface area contributed by atoms with Crippen LogP contribution in [-0.2, 0) is 4.79 Å². The van der Waals surface area contributed by atoms with Gasteiger partial charge >= 0.3 is 5.97 Å². The number of rotatable bonds is 5. The monoisotopic (exact) mass is 356 g/mol. The van der Waals surface area contributed by atoms with E-state index in [0.717, 1.165) is 0 Å². The lowest BCUT2D eigenvalue weighted by molar-refractivity contribution is -0.384. The Labute approximate surface area is 151 Å². The Morgan fingerprint density at radius 1 is 1.08 bits per heavy atom. The number of para-hydroxylation sites is 2. The first-order valence-electron chi connectivity index (χ1n) is 8.42. The Balaban J connectivity index is 1.59. The van der Waals surface area contributed by atoms with E-state index in [9.17, 15) is 14.9 Å². The first-order valence-corrected chi connectivity index (χ1v) is 8.42. The van der Waals surface area contributed by atoms with E-state index in [0.29, 0.717) is 43.1 Å². The molecule has 7 nitrogen and oxygen atoms in total. The molecule has 0 aromatic heterocycles. The number of methoxy groups -OCH3 is 1. The number of carbonyl (C=O) groups excluding carboxylic acids is 1. The summed E-state index contributed by atoms with van der Waals surface area (Å²) in [4.78, 5) is 25.1. The fourth-order valence-electron chi connectivity index (χ4n) is 3.09. The molecule has 0 atom stereocenters. The molecule has 0 bridgehead atoms. The highest BCUT2D eigenvalue weighted by Gasteiger charge is 2.29. The van der Waals surface area contributed by atoms with Gasteiger partial charge in [-0.25, -0.2) is 0 Å². The van der Waals surface area contributed by atoms with Crippen LogP contribution < -0.4 is 14.4 Å². The van der Waals surface area contributed by atoms with Crippen LogP contribution >= 0.6 is 0 Å². The zero-order valence-electron chi connectivity index (χ0n) is 14.5. The van der Waals surface area contributed by atoms with Crippen LogP contribution in [0, 0.1) is 16.0 Å². The zero-order chi connectivity index (χ0) is 18.5. The molecule has 0 radical (unpaired) electrons. The highest BCUT2D eigenvalue weighted by molar-refractivity contribution is 5.76. The number of esters is 1. The average molecular weight is 356 g/mol. The topological polar surface area (TPSA) is 81.9 Å². The number of nitro groups is 1. The summed E-state index contributed by atoms with van der Waals surface area (Å²) in [5.74, 6) is 0.702. The summed E-state index contributed by atoms with van der Waals surface area (Å²) in [6, 6.07) is 13.5. The first kappa shape index (κ1) is 17.7. The summed E-state index contributed by atoms with van der Waals surface area (Å²) in [5, 5.41) is 11.2. The van der Waals surface area contributed by atoms with Gasteiger partial charge in [0.05, 0.1) is 18.0 Å². The van der Waals surface area contributed by atoms with Crippen LogP contribution in [0.3, 0.4) is 0 Å². The molecule has 26 heavy (non-hydrogen) atoms. The van der Waals surface area contributed by atoms with Crippen LogP contribution in [0.4, 0.5) is 11.4 Å². The number of ether oxygens (including phenoxy) is 2. The largest absolute Gasteiger partial charge is 0.497 e. The summed E-state index contributed by atoms with van der Waals surface area (Å²) in [7, 11) is 1.58. The minimum atomic E-state index is -0.376. The smallest absolute Gasteiger partial charge is 0.314 e. The SMILES string of the molecule is COc1ccc(OC(=O)C2CCN(c3ccccc3[N+](=O)[O-])CC2)cc1. The van der Waals surface area contributed by atoms with Gasteiger partial charge in [0.1, 0.15) is 17.2 Å². The van der Waals surface area contributed by atoms with Gasteiger partial charge in [0.15, 0.2) is 0 Å². The Morgan fingerprint density at radius 2 is 1.69 bits per heavy atom. The number of piperidine rings is 1. The van der Waals surface area contributed by atoms with Gasteiger partial charge in [0, 0.05) is 19.2 Å². The predicted octanol–water partition coefficient (Wildman–Crippen LogP) is 3.43. The maximum atomic E-state index is 12.4. The molecule has 1 aliphatic rings. The van der Waals surface area contributed by atoms with Crippen LogP contribution in [0.2, 0.25) is 0 Å². The molecule has 7 heteroatoms. The summed E-state index contributed by atoms with van der Waals surface area (Å²) >= 11 is 0. The summed E-state index contributed by atoms with van der Waals surface area (Å²) < 4.78 is 10.5. The van der Waals surface area contributed by atoms with Crippen molar-refractivity contribution in [3.8, 4) is 11.5 Å². The Morgan fingerprint density at radius 3 is 2.31 bits per heavy atom. The fourth-order valence-corrected chi connectivity index (χ4v) is 3.09. The molecule has 1 saturated heterocycles. The average Bonchev–Trinajstić information content (AvgIpc) is 2.68. The standard InChI is InChI=1S/C19H20N2O5/c1-25-15-6-8-16(9-7-15)26-19(22)14-10-12-20(13-11-14)17-4-2-3-5-18(17)21(23)24/h2-9,14H,10-13H2,1H3. The van der Waals surface area contributed by atoms with E-state index >= 15 is 0 Å². The number of nitro benzene ring substituents is 1. The number of hydrogen-bond donors (Lipinski definition) is 0. The van der Waals surface area contributed by atoms with Gasteiger partial charge in [-0.2, -0.15) is 0 Å². The molecule has 136 valence electrons. The number of anilines is 1. The maximum Gasteiger partial charge on any atom is 0.314 e. The van der Waals surface area contributed by atoms with E-state index in [1.54, 1.807) is 49.6 Å². The maximum absolute atomic E-state index is 12.4.